The van der Waals surface area contributed by atoms with Gasteiger partial charge in [0.25, 0.3) is 5.91 Å². The number of benzene rings is 1. The summed E-state index contributed by atoms with van der Waals surface area (Å²) < 4.78 is 0. The Labute approximate surface area is 132 Å². The number of fused-ring (bicyclic) bond motifs is 1. The molecule has 0 saturated carbocycles. The number of anilines is 1. The standard InChI is InChI=1S/C16H16N4OS/c1-9-8-22-16(17-9)20(4)15(21)12-5-6-13-14(7-12)19-11(3)10(2)18-13/h5-8H,1-4H3. The van der Waals surface area contributed by atoms with Gasteiger partial charge in [-0.2, -0.15) is 0 Å². The Morgan fingerprint density at radius 3 is 2.36 bits per heavy atom. The lowest BCUT2D eigenvalue weighted by molar-refractivity contribution is 0.0993. The molecule has 1 aromatic carbocycles. The van der Waals surface area contributed by atoms with Gasteiger partial charge in [0.1, 0.15) is 0 Å². The number of aromatic nitrogens is 3. The molecule has 0 fully saturated rings. The van der Waals surface area contributed by atoms with E-state index in [0.717, 1.165) is 28.1 Å². The molecule has 0 bridgehead atoms. The largest absolute Gasteiger partial charge is 0.287 e. The quantitative estimate of drug-likeness (QED) is 0.728. The number of carbonyl (C=O) groups is 1. The van der Waals surface area contributed by atoms with Gasteiger partial charge in [-0.25, -0.2) is 15.0 Å². The third-order valence-electron chi connectivity index (χ3n) is 3.52. The van der Waals surface area contributed by atoms with Crippen LogP contribution in [0.1, 0.15) is 27.4 Å². The van der Waals surface area contributed by atoms with Gasteiger partial charge in [-0.1, -0.05) is 0 Å². The summed E-state index contributed by atoms with van der Waals surface area (Å²) in [6, 6.07) is 5.40. The van der Waals surface area contributed by atoms with Crippen LogP contribution in [0.2, 0.25) is 0 Å². The Kier molecular flexibility index (Phi) is 3.62. The minimum Gasteiger partial charge on any atom is -0.287 e. The monoisotopic (exact) mass is 312 g/mol. The van der Waals surface area contributed by atoms with Crippen molar-refractivity contribution in [2.75, 3.05) is 11.9 Å². The maximum absolute atomic E-state index is 12.6. The van der Waals surface area contributed by atoms with Gasteiger partial charge in [0, 0.05) is 18.0 Å². The number of hydrogen-bond donors (Lipinski definition) is 0. The summed E-state index contributed by atoms with van der Waals surface area (Å²) in [6.07, 6.45) is 0. The zero-order valence-electron chi connectivity index (χ0n) is 12.9. The second-order valence-corrected chi connectivity index (χ2v) is 6.07. The van der Waals surface area contributed by atoms with E-state index in [9.17, 15) is 4.79 Å². The van der Waals surface area contributed by atoms with Crippen molar-refractivity contribution in [3.8, 4) is 0 Å². The molecule has 3 rings (SSSR count). The van der Waals surface area contributed by atoms with E-state index in [1.54, 1.807) is 24.1 Å². The maximum Gasteiger partial charge on any atom is 0.259 e. The average molecular weight is 312 g/mol. The number of aryl methyl sites for hydroxylation is 3. The van der Waals surface area contributed by atoms with Gasteiger partial charge in [0.2, 0.25) is 0 Å². The van der Waals surface area contributed by atoms with Gasteiger partial charge in [0.15, 0.2) is 5.13 Å². The van der Waals surface area contributed by atoms with Crippen LogP contribution in [0.5, 0.6) is 0 Å². The highest BCUT2D eigenvalue weighted by Crippen LogP contribution is 2.22. The zero-order valence-corrected chi connectivity index (χ0v) is 13.7. The summed E-state index contributed by atoms with van der Waals surface area (Å²) in [4.78, 5) is 27.5. The van der Waals surface area contributed by atoms with Crippen LogP contribution in [-0.4, -0.2) is 27.9 Å². The molecular formula is C16H16N4OS. The fourth-order valence-electron chi connectivity index (χ4n) is 2.14. The first-order valence-electron chi connectivity index (χ1n) is 6.91. The van der Waals surface area contributed by atoms with Gasteiger partial charge < -0.3 is 0 Å². The van der Waals surface area contributed by atoms with Crippen LogP contribution in [0.15, 0.2) is 23.6 Å². The van der Waals surface area contributed by atoms with E-state index < -0.39 is 0 Å². The van der Waals surface area contributed by atoms with Crippen molar-refractivity contribution in [2.45, 2.75) is 20.8 Å². The third-order valence-corrected chi connectivity index (χ3v) is 4.56. The normalized spacial score (nSPS) is 10.9. The van der Waals surface area contributed by atoms with Crippen LogP contribution in [0, 0.1) is 20.8 Å². The molecule has 0 aliphatic carbocycles. The summed E-state index contributed by atoms with van der Waals surface area (Å²) in [6.45, 7) is 5.76. The van der Waals surface area contributed by atoms with Gasteiger partial charge >= 0.3 is 0 Å². The molecule has 0 saturated heterocycles. The van der Waals surface area contributed by atoms with Crippen LogP contribution in [0.3, 0.4) is 0 Å². The van der Waals surface area contributed by atoms with Gasteiger partial charge in [0.05, 0.1) is 28.1 Å². The lowest BCUT2D eigenvalue weighted by atomic mass is 10.1. The Morgan fingerprint density at radius 2 is 1.73 bits per heavy atom. The molecule has 22 heavy (non-hydrogen) atoms. The summed E-state index contributed by atoms with van der Waals surface area (Å²) in [5, 5.41) is 2.62. The van der Waals surface area contributed by atoms with E-state index in [1.165, 1.54) is 11.3 Å². The van der Waals surface area contributed by atoms with E-state index >= 15 is 0 Å². The lowest BCUT2D eigenvalue weighted by Gasteiger charge is -2.14. The van der Waals surface area contributed by atoms with Crippen LogP contribution in [-0.2, 0) is 0 Å². The molecule has 5 nitrogen and oxygen atoms in total. The zero-order chi connectivity index (χ0) is 15.9. The molecule has 0 radical (unpaired) electrons. The molecule has 0 N–H and O–H groups in total. The molecular weight excluding hydrogens is 296 g/mol. The van der Waals surface area contributed by atoms with Gasteiger partial charge in [-0.15, -0.1) is 11.3 Å². The van der Waals surface area contributed by atoms with Crippen molar-refractivity contribution >= 4 is 33.4 Å². The van der Waals surface area contributed by atoms with Crippen molar-refractivity contribution in [1.82, 2.24) is 15.0 Å². The van der Waals surface area contributed by atoms with Gasteiger partial charge in [-0.3, -0.25) is 9.69 Å². The number of rotatable bonds is 2. The predicted molar refractivity (Wildman–Crippen MR) is 88.6 cm³/mol. The molecule has 6 heteroatoms. The first-order valence-corrected chi connectivity index (χ1v) is 7.79. The number of amides is 1. The van der Waals surface area contributed by atoms with Crippen LogP contribution in [0.25, 0.3) is 11.0 Å². The highest BCUT2D eigenvalue weighted by molar-refractivity contribution is 7.14. The second-order valence-electron chi connectivity index (χ2n) is 5.23. The molecule has 0 spiro atoms. The van der Waals surface area contributed by atoms with E-state index in [4.69, 9.17) is 0 Å². The summed E-state index contributed by atoms with van der Waals surface area (Å²) >= 11 is 1.45. The second kappa shape index (κ2) is 5.46. The van der Waals surface area contributed by atoms with Crippen molar-refractivity contribution in [1.29, 1.82) is 0 Å². The number of thiazole rings is 1. The molecule has 0 unspecified atom stereocenters. The minimum absolute atomic E-state index is 0.101. The fraction of sp³-hybridized carbons (Fsp3) is 0.250. The van der Waals surface area contributed by atoms with Crippen molar-refractivity contribution in [2.24, 2.45) is 0 Å². The first kappa shape index (κ1) is 14.6. The van der Waals surface area contributed by atoms with E-state index in [1.807, 2.05) is 32.2 Å². The van der Waals surface area contributed by atoms with E-state index in [-0.39, 0.29) is 5.91 Å². The molecule has 0 aliphatic rings. The summed E-state index contributed by atoms with van der Waals surface area (Å²) in [7, 11) is 1.73. The van der Waals surface area contributed by atoms with Crippen LogP contribution in [0.4, 0.5) is 5.13 Å². The topological polar surface area (TPSA) is 59.0 Å². The van der Waals surface area contributed by atoms with Gasteiger partial charge in [-0.05, 0) is 39.0 Å². The lowest BCUT2D eigenvalue weighted by Crippen LogP contribution is -2.26. The SMILES string of the molecule is Cc1csc(N(C)C(=O)c2ccc3nc(C)c(C)nc3c2)n1. The van der Waals surface area contributed by atoms with E-state index in [0.29, 0.717) is 10.7 Å². The van der Waals surface area contributed by atoms with E-state index in [2.05, 4.69) is 15.0 Å². The summed E-state index contributed by atoms with van der Waals surface area (Å²) in [5.41, 5.74) is 4.81. The first-order chi connectivity index (χ1) is 10.5. The predicted octanol–water partition coefficient (Wildman–Crippen LogP) is 3.29. The number of hydrogen-bond acceptors (Lipinski definition) is 5. The van der Waals surface area contributed by atoms with Crippen molar-refractivity contribution in [3.63, 3.8) is 0 Å². The fourth-order valence-corrected chi connectivity index (χ4v) is 2.91. The molecule has 3 aromatic rings. The Balaban J connectivity index is 1.99. The van der Waals surface area contributed by atoms with Crippen molar-refractivity contribution in [3.05, 3.63) is 46.2 Å². The Morgan fingerprint density at radius 1 is 1.05 bits per heavy atom. The molecule has 0 atom stereocenters. The minimum atomic E-state index is -0.101. The highest BCUT2D eigenvalue weighted by Gasteiger charge is 2.17. The molecule has 112 valence electrons. The molecule has 0 aliphatic heterocycles. The molecule has 2 heterocycles. The Bertz CT molecular complexity index is 872. The molecule has 1 amide bonds. The van der Waals surface area contributed by atoms with Crippen molar-refractivity contribution < 1.29 is 4.79 Å². The third kappa shape index (κ3) is 2.57. The highest BCUT2D eigenvalue weighted by atomic mass is 32.1. The van der Waals surface area contributed by atoms with Crippen LogP contribution >= 0.6 is 11.3 Å². The smallest absolute Gasteiger partial charge is 0.259 e. The Hall–Kier alpha value is -2.34. The summed E-state index contributed by atoms with van der Waals surface area (Å²) in [5.74, 6) is -0.101. The number of carbonyl (C=O) groups excluding carboxylic acids is 1. The number of nitrogens with zero attached hydrogens (tertiary/aromatic N) is 4. The average Bonchev–Trinajstić information content (AvgIpc) is 2.93. The maximum atomic E-state index is 12.6. The van der Waals surface area contributed by atoms with Crippen LogP contribution < -0.4 is 4.90 Å². The molecule has 2 aromatic heterocycles.